The Kier molecular flexibility index (Phi) is 5.56. The summed E-state index contributed by atoms with van der Waals surface area (Å²) in [5.74, 6) is 0.967. The lowest BCUT2D eigenvalue weighted by molar-refractivity contribution is -0.277. The fourth-order valence-electron chi connectivity index (χ4n) is 3.13. The highest BCUT2D eigenvalue weighted by molar-refractivity contribution is 5.81. The van der Waals surface area contributed by atoms with E-state index < -0.39 is 37.3 Å². The highest BCUT2D eigenvalue weighted by Crippen LogP contribution is 2.27. The highest BCUT2D eigenvalue weighted by atomic mass is 16.7. The van der Waals surface area contributed by atoms with Crippen molar-refractivity contribution in [3.63, 3.8) is 0 Å². The van der Waals surface area contributed by atoms with Crippen molar-refractivity contribution in [3.8, 4) is 5.75 Å². The van der Waals surface area contributed by atoms with E-state index in [-0.39, 0.29) is 0 Å². The first-order chi connectivity index (χ1) is 14.1. The molecule has 1 fully saturated rings. The van der Waals surface area contributed by atoms with E-state index in [1.54, 1.807) is 12.1 Å². The molecule has 3 aromatic rings. The predicted molar refractivity (Wildman–Crippen MR) is 99.8 cm³/mol. The number of nitrogens with zero attached hydrogens (tertiary/aromatic N) is 3. The van der Waals surface area contributed by atoms with Crippen molar-refractivity contribution >= 4 is 17.0 Å². The zero-order valence-electron chi connectivity index (χ0n) is 15.2. The number of aliphatic hydroxyl groups is 4. The van der Waals surface area contributed by atoms with Gasteiger partial charge in [0, 0.05) is 12.1 Å². The van der Waals surface area contributed by atoms with Crippen molar-refractivity contribution in [1.82, 2.24) is 19.9 Å². The Hall–Kier alpha value is -2.83. The van der Waals surface area contributed by atoms with Gasteiger partial charge >= 0.3 is 0 Å². The van der Waals surface area contributed by atoms with Gasteiger partial charge in [0.2, 0.25) is 6.29 Å². The third-order valence-corrected chi connectivity index (χ3v) is 4.73. The van der Waals surface area contributed by atoms with Gasteiger partial charge in [-0.3, -0.25) is 0 Å². The Balaban J connectivity index is 1.50. The third-order valence-electron chi connectivity index (χ3n) is 4.73. The van der Waals surface area contributed by atoms with Crippen molar-refractivity contribution in [3.05, 3.63) is 42.5 Å². The van der Waals surface area contributed by atoms with Crippen LogP contribution in [0, 0.1) is 0 Å². The maximum Gasteiger partial charge on any atom is 0.229 e. The van der Waals surface area contributed by atoms with Gasteiger partial charge in [0.25, 0.3) is 0 Å². The lowest BCUT2D eigenvalue weighted by Gasteiger charge is -2.39. The smallest absolute Gasteiger partial charge is 0.229 e. The van der Waals surface area contributed by atoms with Gasteiger partial charge in [0.1, 0.15) is 42.0 Å². The molecule has 0 spiro atoms. The summed E-state index contributed by atoms with van der Waals surface area (Å²) in [4.78, 5) is 15.3. The molecule has 154 valence electrons. The monoisotopic (exact) mass is 403 g/mol. The first kappa shape index (κ1) is 19.5. The molecule has 1 aliphatic rings. The molecule has 0 amide bonds. The molecule has 1 aliphatic heterocycles. The minimum atomic E-state index is -1.51. The number of benzene rings is 1. The number of aromatic nitrogens is 4. The fraction of sp³-hybridized carbons (Fsp3) is 0.389. The second-order valence-corrected chi connectivity index (χ2v) is 6.60. The number of aromatic amines is 1. The van der Waals surface area contributed by atoms with Crippen LogP contribution in [-0.2, 0) is 11.3 Å². The molecule has 0 radical (unpaired) electrons. The molecule has 11 nitrogen and oxygen atoms in total. The normalized spacial score (nSPS) is 27.1. The van der Waals surface area contributed by atoms with Crippen LogP contribution in [0.2, 0.25) is 0 Å². The van der Waals surface area contributed by atoms with E-state index in [9.17, 15) is 20.4 Å². The number of nitrogens with one attached hydrogen (secondary N) is 2. The summed E-state index contributed by atoms with van der Waals surface area (Å²) in [6.45, 7) is -0.194. The number of rotatable bonds is 6. The van der Waals surface area contributed by atoms with Crippen LogP contribution in [0.1, 0.15) is 5.56 Å². The summed E-state index contributed by atoms with van der Waals surface area (Å²) in [5.41, 5.74) is 1.93. The minimum absolute atomic E-state index is 0.332. The van der Waals surface area contributed by atoms with Crippen molar-refractivity contribution in [2.24, 2.45) is 0 Å². The van der Waals surface area contributed by atoms with Crippen molar-refractivity contribution in [1.29, 1.82) is 0 Å². The number of hydrogen-bond acceptors (Lipinski definition) is 10. The maximum absolute atomic E-state index is 10.2. The molecule has 0 saturated carbocycles. The second-order valence-electron chi connectivity index (χ2n) is 6.60. The summed E-state index contributed by atoms with van der Waals surface area (Å²) in [7, 11) is 0. The van der Waals surface area contributed by atoms with Crippen LogP contribution < -0.4 is 10.1 Å². The van der Waals surface area contributed by atoms with Gasteiger partial charge in [0.15, 0.2) is 11.5 Å². The molecule has 5 atom stereocenters. The SMILES string of the molecule is OC[C@H]1O[C@@H](Oc2ccccc2CNc2ncnc3nc[nH]c23)[C@H](O)[C@@H](O)[C@@H]1O. The molecule has 0 bridgehead atoms. The number of fused-ring (bicyclic) bond motifs is 1. The van der Waals surface area contributed by atoms with Crippen molar-refractivity contribution in [2.45, 2.75) is 37.3 Å². The number of hydrogen-bond donors (Lipinski definition) is 6. The second kappa shape index (κ2) is 8.27. The van der Waals surface area contributed by atoms with Crippen LogP contribution >= 0.6 is 0 Å². The molecule has 3 heterocycles. The minimum Gasteiger partial charge on any atom is -0.462 e. The van der Waals surface area contributed by atoms with Crippen LogP contribution in [0.15, 0.2) is 36.9 Å². The van der Waals surface area contributed by atoms with Gasteiger partial charge in [-0.1, -0.05) is 18.2 Å². The standard InChI is InChI=1S/C18H21N5O6/c24-6-11-13(25)14(26)15(27)18(29-11)28-10-4-2-1-3-9(10)5-19-16-12-17(21-7-20-12)23-8-22-16/h1-4,7-8,11,13-15,18,24-27H,5-6H2,(H2,19,20,21,22,23)/t11-,13-,14+,15-,18-/m1/s1. The molecule has 1 saturated heterocycles. The van der Waals surface area contributed by atoms with E-state index in [1.807, 2.05) is 12.1 Å². The summed E-state index contributed by atoms with van der Waals surface area (Å²) in [6.07, 6.45) is -3.81. The van der Waals surface area contributed by atoms with Gasteiger partial charge in [-0.25, -0.2) is 15.0 Å². The van der Waals surface area contributed by atoms with Crippen LogP contribution in [0.5, 0.6) is 5.75 Å². The molecular formula is C18H21N5O6. The van der Waals surface area contributed by atoms with Gasteiger partial charge in [-0.2, -0.15) is 0 Å². The average molecular weight is 403 g/mol. The van der Waals surface area contributed by atoms with Gasteiger partial charge < -0.3 is 40.2 Å². The van der Waals surface area contributed by atoms with Gasteiger partial charge in [0.05, 0.1) is 12.9 Å². The van der Waals surface area contributed by atoms with Crippen molar-refractivity contribution in [2.75, 3.05) is 11.9 Å². The van der Waals surface area contributed by atoms with E-state index >= 15 is 0 Å². The Morgan fingerprint density at radius 3 is 2.72 bits per heavy atom. The lowest BCUT2D eigenvalue weighted by Crippen LogP contribution is -2.60. The zero-order valence-corrected chi connectivity index (χ0v) is 15.2. The van der Waals surface area contributed by atoms with Crippen LogP contribution in [0.25, 0.3) is 11.2 Å². The molecule has 4 rings (SSSR count). The zero-order chi connectivity index (χ0) is 20.4. The number of H-pyrrole nitrogens is 1. The van der Waals surface area contributed by atoms with E-state index in [4.69, 9.17) is 9.47 Å². The van der Waals surface area contributed by atoms with Gasteiger partial charge in [-0.15, -0.1) is 0 Å². The Morgan fingerprint density at radius 2 is 1.90 bits per heavy atom. The van der Waals surface area contributed by atoms with Crippen molar-refractivity contribution < 1.29 is 29.9 Å². The number of para-hydroxylation sites is 1. The van der Waals surface area contributed by atoms with Gasteiger partial charge in [-0.05, 0) is 6.07 Å². The molecule has 29 heavy (non-hydrogen) atoms. The largest absolute Gasteiger partial charge is 0.462 e. The quantitative estimate of drug-likeness (QED) is 0.305. The predicted octanol–water partition coefficient (Wildman–Crippen LogP) is -0.856. The Bertz CT molecular complexity index is 967. The number of imidazole rings is 1. The summed E-state index contributed by atoms with van der Waals surface area (Å²) >= 11 is 0. The first-order valence-electron chi connectivity index (χ1n) is 9.01. The molecule has 0 aliphatic carbocycles. The number of aliphatic hydroxyl groups excluding tert-OH is 4. The Morgan fingerprint density at radius 1 is 1.07 bits per heavy atom. The first-order valence-corrected chi connectivity index (χ1v) is 9.01. The highest BCUT2D eigenvalue weighted by Gasteiger charge is 2.44. The average Bonchev–Trinajstić information content (AvgIpc) is 3.23. The molecule has 0 unspecified atom stereocenters. The van der Waals surface area contributed by atoms with E-state index in [0.29, 0.717) is 29.3 Å². The molecule has 2 aromatic heterocycles. The van der Waals surface area contributed by atoms with Crippen LogP contribution in [0.4, 0.5) is 5.82 Å². The molecule has 1 aromatic carbocycles. The fourth-order valence-corrected chi connectivity index (χ4v) is 3.13. The number of anilines is 1. The van der Waals surface area contributed by atoms with E-state index in [0.717, 1.165) is 5.56 Å². The lowest BCUT2D eigenvalue weighted by atomic mass is 9.99. The topological polar surface area (TPSA) is 166 Å². The Labute approximate surface area is 165 Å². The third kappa shape index (κ3) is 3.86. The van der Waals surface area contributed by atoms with Crippen LogP contribution in [0.3, 0.4) is 0 Å². The molecule has 6 N–H and O–H groups in total. The van der Waals surface area contributed by atoms with Crippen LogP contribution in [-0.4, -0.2) is 77.7 Å². The summed E-state index contributed by atoms with van der Waals surface area (Å²) in [5, 5.41) is 42.5. The summed E-state index contributed by atoms with van der Waals surface area (Å²) < 4.78 is 11.2. The van der Waals surface area contributed by atoms with E-state index in [2.05, 4.69) is 25.3 Å². The maximum atomic E-state index is 10.2. The number of ether oxygens (including phenoxy) is 2. The molecule has 11 heteroatoms. The van der Waals surface area contributed by atoms with E-state index in [1.165, 1.54) is 12.7 Å². The molecular weight excluding hydrogens is 382 g/mol. The summed E-state index contributed by atoms with van der Waals surface area (Å²) in [6, 6.07) is 7.07.